The Bertz CT molecular complexity index is 475. The number of nitrogens with one attached hydrogen (secondary N) is 2. The molecule has 0 bridgehead atoms. The zero-order chi connectivity index (χ0) is 12.1. The number of aromatic nitrogens is 6. The molecule has 0 atom stereocenters. The fourth-order valence-electron chi connectivity index (χ4n) is 1.15. The van der Waals surface area contributed by atoms with Gasteiger partial charge in [-0.05, 0) is 11.6 Å². The van der Waals surface area contributed by atoms with E-state index in [4.69, 9.17) is 16.3 Å². The quantitative estimate of drug-likeness (QED) is 0.792. The Morgan fingerprint density at radius 1 is 1.41 bits per heavy atom. The average Bonchev–Trinajstić information content (AvgIpc) is 2.81. The minimum Gasteiger partial charge on any atom is -0.467 e. The van der Waals surface area contributed by atoms with Crippen LogP contribution in [-0.4, -0.2) is 43.8 Å². The van der Waals surface area contributed by atoms with Crippen LogP contribution in [0.1, 0.15) is 5.82 Å². The Hall–Kier alpha value is -1.96. The summed E-state index contributed by atoms with van der Waals surface area (Å²) >= 11 is 5.70. The van der Waals surface area contributed by atoms with Crippen LogP contribution in [0.5, 0.6) is 6.01 Å². The monoisotopic (exact) mass is 255 g/mol. The van der Waals surface area contributed by atoms with Crippen molar-refractivity contribution in [2.45, 2.75) is 6.42 Å². The van der Waals surface area contributed by atoms with E-state index in [1.165, 1.54) is 13.4 Å². The second-order valence-corrected chi connectivity index (χ2v) is 3.36. The summed E-state index contributed by atoms with van der Waals surface area (Å²) in [5.41, 5.74) is 0. The molecule has 9 heteroatoms. The number of aromatic amines is 1. The Morgan fingerprint density at radius 3 is 3.00 bits per heavy atom. The van der Waals surface area contributed by atoms with Crippen LogP contribution >= 0.6 is 11.6 Å². The van der Waals surface area contributed by atoms with Crippen LogP contribution in [0.25, 0.3) is 0 Å². The van der Waals surface area contributed by atoms with Gasteiger partial charge in [0, 0.05) is 13.0 Å². The van der Waals surface area contributed by atoms with Crippen LogP contribution < -0.4 is 10.1 Å². The Morgan fingerprint density at radius 2 is 2.29 bits per heavy atom. The van der Waals surface area contributed by atoms with Gasteiger partial charge in [0.15, 0.2) is 0 Å². The first-order valence-corrected chi connectivity index (χ1v) is 5.19. The minimum atomic E-state index is 0.0824. The maximum atomic E-state index is 5.70. The average molecular weight is 256 g/mol. The van der Waals surface area contributed by atoms with Gasteiger partial charge in [-0.3, -0.25) is 5.10 Å². The highest BCUT2D eigenvalue weighted by molar-refractivity contribution is 6.28. The van der Waals surface area contributed by atoms with Gasteiger partial charge in [0.2, 0.25) is 11.2 Å². The molecular formula is C8H10ClN7O. The lowest BCUT2D eigenvalue weighted by Gasteiger charge is -2.04. The summed E-state index contributed by atoms with van der Waals surface area (Å²) in [6.45, 7) is 0.596. The van der Waals surface area contributed by atoms with Crippen molar-refractivity contribution in [3.05, 3.63) is 17.4 Å². The number of hydrogen-bond donors (Lipinski definition) is 2. The molecule has 8 nitrogen and oxygen atoms in total. The van der Waals surface area contributed by atoms with E-state index >= 15 is 0 Å². The van der Waals surface area contributed by atoms with E-state index in [0.717, 1.165) is 5.82 Å². The Kier molecular flexibility index (Phi) is 3.66. The molecule has 0 spiro atoms. The van der Waals surface area contributed by atoms with Gasteiger partial charge in [0.1, 0.15) is 12.2 Å². The molecule has 0 fully saturated rings. The smallest absolute Gasteiger partial charge is 0.322 e. The Balaban J connectivity index is 1.92. The van der Waals surface area contributed by atoms with Gasteiger partial charge in [-0.2, -0.15) is 20.1 Å². The van der Waals surface area contributed by atoms with Crippen molar-refractivity contribution in [2.24, 2.45) is 0 Å². The van der Waals surface area contributed by atoms with Crippen molar-refractivity contribution >= 4 is 17.5 Å². The molecule has 2 N–H and O–H groups in total. The second kappa shape index (κ2) is 5.39. The molecule has 2 aromatic heterocycles. The topological polar surface area (TPSA) is 102 Å². The van der Waals surface area contributed by atoms with Gasteiger partial charge in [0.25, 0.3) is 0 Å². The summed E-state index contributed by atoms with van der Waals surface area (Å²) in [5.74, 6) is 1.14. The number of H-pyrrole nitrogens is 1. The maximum Gasteiger partial charge on any atom is 0.322 e. The van der Waals surface area contributed by atoms with Crippen LogP contribution in [0.2, 0.25) is 5.28 Å². The predicted molar refractivity (Wildman–Crippen MR) is 60.0 cm³/mol. The van der Waals surface area contributed by atoms with E-state index in [9.17, 15) is 0 Å². The third-order valence-electron chi connectivity index (χ3n) is 1.88. The molecule has 2 rings (SSSR count). The number of methoxy groups -OCH3 is 1. The summed E-state index contributed by atoms with van der Waals surface area (Å²) in [4.78, 5) is 15.6. The van der Waals surface area contributed by atoms with Gasteiger partial charge in [-0.15, -0.1) is 0 Å². The molecule has 2 aromatic rings. The van der Waals surface area contributed by atoms with E-state index < -0.39 is 0 Å². The van der Waals surface area contributed by atoms with Crippen LogP contribution in [-0.2, 0) is 6.42 Å². The number of nitrogens with zero attached hydrogens (tertiary/aromatic N) is 5. The lowest BCUT2D eigenvalue weighted by atomic mass is 10.4. The van der Waals surface area contributed by atoms with Crippen molar-refractivity contribution in [1.82, 2.24) is 30.1 Å². The lowest BCUT2D eigenvalue weighted by Crippen LogP contribution is -2.10. The van der Waals surface area contributed by atoms with Crippen LogP contribution in [0.3, 0.4) is 0 Å². The number of hydrogen-bond acceptors (Lipinski definition) is 7. The van der Waals surface area contributed by atoms with Crippen LogP contribution in [0.4, 0.5) is 5.95 Å². The molecule has 90 valence electrons. The number of ether oxygens (including phenoxy) is 1. The van der Waals surface area contributed by atoms with E-state index in [0.29, 0.717) is 18.9 Å². The van der Waals surface area contributed by atoms with Crippen molar-refractivity contribution in [1.29, 1.82) is 0 Å². The van der Waals surface area contributed by atoms with Gasteiger partial charge in [0.05, 0.1) is 7.11 Å². The predicted octanol–water partition coefficient (Wildman–Crippen LogP) is 0.306. The maximum absolute atomic E-state index is 5.70. The van der Waals surface area contributed by atoms with E-state index in [-0.39, 0.29) is 11.3 Å². The molecule has 2 heterocycles. The molecule has 0 aliphatic carbocycles. The third kappa shape index (κ3) is 3.25. The van der Waals surface area contributed by atoms with Crippen molar-refractivity contribution in [3.8, 4) is 6.01 Å². The summed E-state index contributed by atoms with van der Waals surface area (Å²) in [7, 11) is 1.46. The molecule has 0 unspecified atom stereocenters. The molecule has 0 aliphatic heterocycles. The summed E-state index contributed by atoms with van der Waals surface area (Å²) in [6.07, 6.45) is 2.13. The third-order valence-corrected chi connectivity index (χ3v) is 2.05. The molecular weight excluding hydrogens is 246 g/mol. The molecule has 0 aliphatic rings. The van der Waals surface area contributed by atoms with Gasteiger partial charge < -0.3 is 10.1 Å². The molecule has 17 heavy (non-hydrogen) atoms. The zero-order valence-corrected chi connectivity index (χ0v) is 9.77. The highest BCUT2D eigenvalue weighted by Gasteiger charge is 2.04. The van der Waals surface area contributed by atoms with Gasteiger partial charge in [-0.1, -0.05) is 0 Å². The summed E-state index contributed by atoms with van der Waals surface area (Å²) in [5, 5.41) is 9.56. The van der Waals surface area contributed by atoms with Crippen molar-refractivity contribution < 1.29 is 4.74 Å². The van der Waals surface area contributed by atoms with Crippen molar-refractivity contribution in [3.63, 3.8) is 0 Å². The molecule has 0 saturated heterocycles. The van der Waals surface area contributed by atoms with E-state index in [2.05, 4.69) is 35.5 Å². The number of rotatable bonds is 5. The van der Waals surface area contributed by atoms with E-state index in [1.807, 2.05) is 0 Å². The van der Waals surface area contributed by atoms with E-state index in [1.54, 1.807) is 0 Å². The first kappa shape index (κ1) is 11.5. The highest BCUT2D eigenvalue weighted by Crippen LogP contribution is 2.10. The standard InChI is InChI=1S/C8H10ClN7O/c1-17-8-14-6(9)13-7(15-8)10-3-2-5-11-4-12-16-5/h4H,2-3H2,1H3,(H,11,12,16)(H,10,13,14,15). The van der Waals surface area contributed by atoms with Crippen LogP contribution in [0, 0.1) is 0 Å². The fourth-order valence-corrected chi connectivity index (χ4v) is 1.30. The lowest BCUT2D eigenvalue weighted by molar-refractivity contribution is 0.379. The van der Waals surface area contributed by atoms with Crippen LogP contribution in [0.15, 0.2) is 6.33 Å². The molecule has 0 radical (unpaired) electrons. The number of halogens is 1. The summed E-state index contributed by atoms with van der Waals surface area (Å²) < 4.78 is 4.87. The first-order chi connectivity index (χ1) is 8.28. The molecule has 0 saturated carbocycles. The highest BCUT2D eigenvalue weighted by atomic mass is 35.5. The van der Waals surface area contributed by atoms with Crippen molar-refractivity contribution in [2.75, 3.05) is 19.0 Å². The minimum absolute atomic E-state index is 0.0824. The largest absolute Gasteiger partial charge is 0.467 e. The fraction of sp³-hybridized carbons (Fsp3) is 0.375. The number of anilines is 1. The summed E-state index contributed by atoms with van der Waals surface area (Å²) in [6, 6.07) is 0.173. The molecule has 0 amide bonds. The first-order valence-electron chi connectivity index (χ1n) is 4.81. The Labute approximate surface area is 102 Å². The zero-order valence-electron chi connectivity index (χ0n) is 9.01. The molecule has 0 aromatic carbocycles. The normalized spacial score (nSPS) is 10.2. The SMILES string of the molecule is COc1nc(Cl)nc(NCCc2ncn[nH]2)n1. The van der Waals surface area contributed by atoms with Gasteiger partial charge >= 0.3 is 6.01 Å². The van der Waals surface area contributed by atoms with Gasteiger partial charge in [-0.25, -0.2) is 4.98 Å². The second-order valence-electron chi connectivity index (χ2n) is 3.02.